The maximum Gasteiger partial charge on any atom is 0.270 e. The fourth-order valence-corrected chi connectivity index (χ4v) is 22.3. The summed E-state index contributed by atoms with van der Waals surface area (Å²) in [6.45, 7) is 8.56. The number of nitriles is 1. The smallest absolute Gasteiger partial charge is 0.270 e. The quantitative estimate of drug-likeness (QED) is 0.0327. The molecule has 0 saturated heterocycles. The fraction of sp³-hybridized carbons (Fsp3) is 0.0741. The Balaban J connectivity index is 0.667. The van der Waals surface area contributed by atoms with Crippen LogP contribution in [0.2, 0.25) is 0 Å². The molecular formula is C108H82N8S10. The van der Waals surface area contributed by atoms with Crippen molar-refractivity contribution >= 4 is 226 Å². The van der Waals surface area contributed by atoms with Crippen molar-refractivity contribution in [3.63, 3.8) is 0 Å². The van der Waals surface area contributed by atoms with Crippen LogP contribution in [0.1, 0.15) is 11.1 Å². The van der Waals surface area contributed by atoms with Gasteiger partial charge in [-0.3, -0.25) is 0 Å². The second kappa shape index (κ2) is 37.2. The molecule has 16 aromatic carbocycles. The van der Waals surface area contributed by atoms with Crippen LogP contribution in [-0.2, 0) is 0 Å². The summed E-state index contributed by atoms with van der Waals surface area (Å²) in [7, 11) is 0. The molecule has 0 aromatic heterocycles. The maximum absolute atomic E-state index is 11.0. The van der Waals surface area contributed by atoms with E-state index in [0.717, 1.165) is 166 Å². The molecule has 0 bridgehead atoms. The Morgan fingerprint density at radius 3 is 0.659 bits per heavy atom. The number of hydrogen-bond acceptors (Lipinski definition) is 17. The number of allylic oxidation sites excluding steroid dienone is 1. The summed E-state index contributed by atoms with van der Waals surface area (Å²) in [5, 5.41) is 11.0. The van der Waals surface area contributed by atoms with E-state index in [1.54, 1.807) is 118 Å². The lowest BCUT2D eigenvalue weighted by Gasteiger charge is -2.35. The van der Waals surface area contributed by atoms with Gasteiger partial charge in [0.15, 0.2) is 0 Å². The van der Waals surface area contributed by atoms with Crippen molar-refractivity contribution in [1.29, 1.82) is 5.26 Å². The third-order valence-electron chi connectivity index (χ3n) is 23.1. The fourth-order valence-electron chi connectivity index (χ4n) is 16.8. The highest BCUT2D eigenvalue weighted by Crippen LogP contribution is 2.59. The van der Waals surface area contributed by atoms with E-state index in [1.165, 1.54) is 39.2 Å². The topological polar surface area (TPSA) is 47.6 Å². The Morgan fingerprint density at radius 2 is 0.460 bits per heavy atom. The van der Waals surface area contributed by atoms with Gasteiger partial charge in [-0.15, -0.1) is 94.1 Å². The van der Waals surface area contributed by atoms with Crippen molar-refractivity contribution in [3.8, 4) is 39.4 Å². The predicted octanol–water partition coefficient (Wildman–Crippen LogP) is 34.7. The van der Waals surface area contributed by atoms with Gasteiger partial charge in [-0.05, 0) is 398 Å². The van der Waals surface area contributed by atoms with Crippen LogP contribution in [0.5, 0.6) is 0 Å². The lowest BCUT2D eigenvalue weighted by atomic mass is 9.96. The van der Waals surface area contributed by atoms with E-state index in [-0.39, 0.29) is 5.70 Å². The molecule has 2 heterocycles. The van der Waals surface area contributed by atoms with Crippen molar-refractivity contribution < 1.29 is 0 Å². The molecule has 8 nitrogen and oxygen atoms in total. The normalized spacial score (nSPS) is 12.1. The van der Waals surface area contributed by atoms with Crippen molar-refractivity contribution in [2.75, 3.05) is 79.4 Å². The van der Waals surface area contributed by atoms with Crippen LogP contribution in [0.4, 0.5) is 102 Å². The van der Waals surface area contributed by atoms with Crippen LogP contribution >= 0.6 is 118 Å². The molecule has 0 amide bonds. The summed E-state index contributed by atoms with van der Waals surface area (Å²) < 4.78 is 0. The van der Waals surface area contributed by atoms with E-state index >= 15 is 0 Å². The molecule has 0 radical (unpaired) electrons. The molecule has 3 aliphatic rings. The number of rotatable bonds is 24. The van der Waals surface area contributed by atoms with Gasteiger partial charge in [0.25, 0.3) is 5.70 Å². The minimum Gasteiger partial charge on any atom is -0.310 e. The minimum atomic E-state index is 0.0544. The van der Waals surface area contributed by atoms with E-state index in [9.17, 15) is 5.26 Å². The zero-order chi connectivity index (χ0) is 86.1. The van der Waals surface area contributed by atoms with Crippen LogP contribution in [0.3, 0.4) is 0 Å². The standard InChI is InChI=1S/C108H82N8S10/c1-110-99(68-109)108-97-62-71(69-10-16-81(17-11-69)115-100-58-36-83(111(73-20-40-87(117-2)41-21-73)74-22-42-88(118-3)43-23-74)64-104(100)125-105-65-84(37-59-101(105)115)112(75-24-44-89(119-4)45-25-75)76-26-46-90(120-5)47-27-76)14-56-95(97)96-57-15-72(63-98(96)108)70-12-18-82(19-13-70)116-102-60-38-85(113(77-28-48-91(121-6)49-29-77)78-30-50-92(122-7)51-31-78)66-106(102)126-107-67-86(39-61-103(107)116)114(79-32-52-93(123-8)53-33-79)80-34-54-94(124-9)55-35-80/h10-67H,2-9H3. The molecule has 19 rings (SSSR count). The molecule has 0 N–H and O–H groups in total. The first-order chi connectivity index (χ1) is 61.9. The van der Waals surface area contributed by atoms with Gasteiger partial charge in [0.05, 0.1) is 35.4 Å². The first-order valence-electron chi connectivity index (χ1n) is 40.8. The lowest BCUT2D eigenvalue weighted by Crippen LogP contribution is -2.17. The largest absolute Gasteiger partial charge is 0.310 e. The van der Waals surface area contributed by atoms with Crippen LogP contribution in [-0.4, -0.2) is 50.0 Å². The summed E-state index contributed by atoms with van der Waals surface area (Å²) in [6, 6.07) is 132. The Bertz CT molecular complexity index is 5980. The van der Waals surface area contributed by atoms with Gasteiger partial charge in [0, 0.05) is 144 Å². The predicted molar refractivity (Wildman–Crippen MR) is 552 cm³/mol. The van der Waals surface area contributed by atoms with Gasteiger partial charge in [-0.25, -0.2) is 10.1 Å². The monoisotopic (exact) mass is 1810 g/mol. The number of nitrogens with zero attached hydrogens (tertiary/aromatic N) is 8. The summed E-state index contributed by atoms with van der Waals surface area (Å²) in [4.78, 5) is 32.4. The van der Waals surface area contributed by atoms with Gasteiger partial charge >= 0.3 is 0 Å². The Hall–Kier alpha value is -11.5. The summed E-state index contributed by atoms with van der Waals surface area (Å²) in [6.07, 6.45) is 17.0. The Kier molecular flexibility index (Phi) is 24.8. The van der Waals surface area contributed by atoms with E-state index < -0.39 is 0 Å². The van der Waals surface area contributed by atoms with E-state index in [2.05, 4.69) is 442 Å². The number of fused-ring (bicyclic) bond motifs is 7. The zero-order valence-electron chi connectivity index (χ0n) is 70.1. The summed E-state index contributed by atoms with van der Waals surface area (Å²) in [5.74, 6) is 0. The van der Waals surface area contributed by atoms with Crippen molar-refractivity contribution in [2.24, 2.45) is 0 Å². The second-order valence-electron chi connectivity index (χ2n) is 30.0. The van der Waals surface area contributed by atoms with E-state index in [0.29, 0.717) is 5.57 Å². The van der Waals surface area contributed by atoms with Crippen molar-refractivity contribution in [1.82, 2.24) is 0 Å². The highest BCUT2D eigenvalue weighted by Gasteiger charge is 2.33. The highest BCUT2D eigenvalue weighted by atomic mass is 32.2. The molecule has 2 aliphatic heterocycles. The third kappa shape index (κ3) is 16.6. The molecule has 16 aromatic rings. The minimum absolute atomic E-state index is 0.0544. The second-order valence-corrected chi connectivity index (χ2v) is 39.2. The van der Waals surface area contributed by atoms with Crippen LogP contribution < -0.4 is 29.4 Å². The number of anilines is 18. The van der Waals surface area contributed by atoms with Crippen LogP contribution in [0.25, 0.3) is 43.8 Å². The number of hydrogen-bond donors (Lipinski definition) is 0. The molecule has 18 heteroatoms. The lowest BCUT2D eigenvalue weighted by molar-refractivity contribution is 1.15. The Morgan fingerprint density at radius 1 is 0.254 bits per heavy atom. The third-order valence-corrected chi connectivity index (χ3v) is 31.2. The van der Waals surface area contributed by atoms with Gasteiger partial charge in [0.2, 0.25) is 0 Å². The molecule has 0 unspecified atom stereocenters. The molecule has 0 saturated carbocycles. The molecule has 0 atom stereocenters. The van der Waals surface area contributed by atoms with Crippen molar-refractivity contribution in [2.45, 2.75) is 58.7 Å². The SMILES string of the molecule is [C-]#[N+]C(C#N)=C1c2cc(-c3ccc(N4c5ccc(N(c6ccc(SC)cc6)c6ccc(SC)cc6)cc5Sc5cc(N(c6ccc(SC)cc6)c6ccc(SC)cc6)ccc54)cc3)ccc2-c2ccc(-c3ccc(N4c5ccc(N(c6ccc(SC)cc6)c6ccc(SC)cc6)cc5Sc5cc(N(c6ccc(SC)cc6)c6ccc(SC)cc6)ccc54)cc3)cc21. The molecular weight excluding hydrogens is 1730 g/mol. The maximum atomic E-state index is 11.0. The Labute approximate surface area is 781 Å². The first kappa shape index (κ1) is 84.1. The van der Waals surface area contributed by atoms with Gasteiger partial charge in [-0.1, -0.05) is 72.1 Å². The van der Waals surface area contributed by atoms with Gasteiger partial charge < -0.3 is 29.4 Å². The summed E-state index contributed by atoms with van der Waals surface area (Å²) in [5.41, 5.74) is 27.5. The molecule has 0 fully saturated rings. The van der Waals surface area contributed by atoms with Gasteiger partial charge in [0.1, 0.15) is 0 Å². The van der Waals surface area contributed by atoms with Gasteiger partial charge in [-0.2, -0.15) is 0 Å². The zero-order valence-corrected chi connectivity index (χ0v) is 78.3. The van der Waals surface area contributed by atoms with Crippen molar-refractivity contribution in [3.05, 3.63) is 380 Å². The van der Waals surface area contributed by atoms with E-state index in [4.69, 9.17) is 6.57 Å². The molecule has 1 aliphatic carbocycles. The van der Waals surface area contributed by atoms with Crippen LogP contribution in [0, 0.1) is 17.9 Å². The molecule has 0 spiro atoms. The first-order valence-corrected chi connectivity index (χ1v) is 52.2. The van der Waals surface area contributed by atoms with E-state index in [1.807, 2.05) is 0 Å². The average Bonchev–Trinajstić information content (AvgIpc) is 1.31. The number of benzene rings is 16. The van der Waals surface area contributed by atoms with Crippen LogP contribution in [0.15, 0.2) is 416 Å². The highest BCUT2D eigenvalue weighted by molar-refractivity contribution is 8.01. The molecule has 614 valence electrons. The number of thioether (sulfide) groups is 8. The summed E-state index contributed by atoms with van der Waals surface area (Å²) >= 11 is 17.6. The molecule has 126 heavy (non-hydrogen) atoms. The average molecular weight is 1810 g/mol.